The van der Waals surface area contributed by atoms with Crippen LogP contribution in [0.25, 0.3) is 10.8 Å². The standard InChI is InChI=1S/C24H22N2O2S.C9H12.Ru/c25-23(19-10-3-1-4-11-19)24(20-12-5-2-6-13-20)26-29(27,28)22-16-15-18-9-7-8-14-21(18)17-22;1-7-4-8(2)6-9(3)5-7;/h1-17,23-24,26H,25H2;4-6H,1-3H3;/t23-,24-;;/m0../s1. The normalized spacial score (nSPS) is 12.5. The first-order chi connectivity index (χ1) is 18.2. The first kappa shape index (κ1) is 30.4. The van der Waals surface area contributed by atoms with Crippen molar-refractivity contribution < 1.29 is 27.9 Å². The van der Waals surface area contributed by atoms with Crippen LogP contribution in [0.1, 0.15) is 39.9 Å². The van der Waals surface area contributed by atoms with E-state index in [2.05, 4.69) is 43.7 Å². The van der Waals surface area contributed by atoms with Gasteiger partial charge in [-0.3, -0.25) is 0 Å². The monoisotopic (exact) mass is 624 g/mol. The number of nitrogens with one attached hydrogen (secondary N) is 1. The number of fused-ring (bicyclic) bond motifs is 1. The van der Waals surface area contributed by atoms with Crippen molar-refractivity contribution in [2.75, 3.05) is 0 Å². The largest absolute Gasteiger partial charge is 0.322 e. The SMILES string of the molecule is Cc1cc(C)cc(C)c1.N[C@@H](c1ccccc1)[C@@H](NS(=O)(=O)c1ccc2ccccc2c1)c1ccccc1.[Ru]. The summed E-state index contributed by atoms with van der Waals surface area (Å²) in [6.45, 7) is 6.38. The Morgan fingerprint density at radius 2 is 1.05 bits per heavy atom. The van der Waals surface area contributed by atoms with E-state index in [4.69, 9.17) is 5.73 Å². The Morgan fingerprint density at radius 1 is 0.590 bits per heavy atom. The van der Waals surface area contributed by atoms with E-state index in [-0.39, 0.29) is 24.4 Å². The van der Waals surface area contributed by atoms with Crippen LogP contribution in [-0.4, -0.2) is 8.42 Å². The molecule has 0 amide bonds. The van der Waals surface area contributed by atoms with Crippen LogP contribution in [0, 0.1) is 20.8 Å². The minimum Gasteiger partial charge on any atom is -0.322 e. The van der Waals surface area contributed by atoms with Gasteiger partial charge in [0.15, 0.2) is 0 Å². The molecule has 0 spiro atoms. The Kier molecular flexibility index (Phi) is 10.7. The van der Waals surface area contributed by atoms with Crippen LogP contribution in [0.5, 0.6) is 0 Å². The van der Waals surface area contributed by atoms with E-state index in [1.807, 2.05) is 91.0 Å². The van der Waals surface area contributed by atoms with Gasteiger partial charge < -0.3 is 5.73 Å². The number of hydrogen-bond donors (Lipinski definition) is 2. The van der Waals surface area contributed by atoms with E-state index in [0.29, 0.717) is 0 Å². The van der Waals surface area contributed by atoms with Crippen molar-refractivity contribution in [1.29, 1.82) is 0 Å². The van der Waals surface area contributed by atoms with Crippen LogP contribution in [0.2, 0.25) is 0 Å². The first-order valence-electron chi connectivity index (χ1n) is 12.6. The summed E-state index contributed by atoms with van der Waals surface area (Å²) in [6.07, 6.45) is 0. The van der Waals surface area contributed by atoms with E-state index in [9.17, 15) is 8.42 Å². The molecular formula is C33H34N2O2RuS. The number of benzene rings is 5. The Balaban J connectivity index is 0.000000359. The molecule has 5 aromatic rings. The Hall–Kier alpha value is -3.15. The maximum atomic E-state index is 13.2. The summed E-state index contributed by atoms with van der Waals surface area (Å²) >= 11 is 0. The molecule has 202 valence electrons. The van der Waals surface area contributed by atoms with E-state index in [1.54, 1.807) is 12.1 Å². The molecular weight excluding hydrogens is 590 g/mol. The van der Waals surface area contributed by atoms with Crippen molar-refractivity contribution in [2.24, 2.45) is 5.73 Å². The fourth-order valence-corrected chi connectivity index (χ4v) is 5.93. The first-order valence-corrected chi connectivity index (χ1v) is 14.1. The molecule has 0 bridgehead atoms. The zero-order valence-electron chi connectivity index (χ0n) is 22.4. The molecule has 0 aliphatic carbocycles. The van der Waals surface area contributed by atoms with E-state index < -0.39 is 22.1 Å². The minimum atomic E-state index is -3.78. The van der Waals surface area contributed by atoms with Crippen molar-refractivity contribution in [3.05, 3.63) is 149 Å². The zero-order chi connectivity index (χ0) is 27.1. The molecule has 5 aromatic carbocycles. The van der Waals surface area contributed by atoms with Crippen LogP contribution in [0.3, 0.4) is 0 Å². The molecule has 0 saturated heterocycles. The number of aryl methyl sites for hydroxylation is 3. The van der Waals surface area contributed by atoms with Gasteiger partial charge in [0.05, 0.1) is 17.0 Å². The zero-order valence-corrected chi connectivity index (χ0v) is 24.9. The van der Waals surface area contributed by atoms with Crippen LogP contribution in [0.15, 0.2) is 126 Å². The topological polar surface area (TPSA) is 72.2 Å². The Bertz CT molecular complexity index is 1560. The Morgan fingerprint density at radius 3 is 1.59 bits per heavy atom. The maximum Gasteiger partial charge on any atom is 0.241 e. The molecule has 4 nitrogen and oxygen atoms in total. The smallest absolute Gasteiger partial charge is 0.241 e. The summed E-state index contributed by atoms with van der Waals surface area (Å²) in [4.78, 5) is 0.220. The van der Waals surface area contributed by atoms with Gasteiger partial charge in [-0.05, 0) is 54.8 Å². The number of hydrogen-bond acceptors (Lipinski definition) is 3. The van der Waals surface area contributed by atoms with Crippen LogP contribution < -0.4 is 10.5 Å². The summed E-state index contributed by atoms with van der Waals surface area (Å²) in [5, 5.41) is 1.87. The molecule has 0 aliphatic heterocycles. The molecule has 0 saturated carbocycles. The molecule has 0 radical (unpaired) electrons. The molecule has 2 atom stereocenters. The van der Waals surface area contributed by atoms with Gasteiger partial charge in [-0.15, -0.1) is 0 Å². The van der Waals surface area contributed by atoms with Gasteiger partial charge in [-0.25, -0.2) is 13.1 Å². The molecule has 0 heterocycles. The van der Waals surface area contributed by atoms with Crippen LogP contribution in [-0.2, 0) is 29.5 Å². The molecule has 0 unspecified atom stereocenters. The van der Waals surface area contributed by atoms with Crippen LogP contribution in [0.4, 0.5) is 0 Å². The van der Waals surface area contributed by atoms with Gasteiger partial charge in [0.1, 0.15) is 0 Å². The molecule has 0 fully saturated rings. The van der Waals surface area contributed by atoms with Gasteiger partial charge in [0.2, 0.25) is 10.0 Å². The molecule has 0 aliphatic rings. The average Bonchev–Trinajstić information content (AvgIpc) is 2.91. The van der Waals surface area contributed by atoms with Crippen molar-refractivity contribution in [2.45, 2.75) is 37.8 Å². The number of rotatable bonds is 6. The predicted octanol–water partition coefficient (Wildman–Crippen LogP) is 7.17. The van der Waals surface area contributed by atoms with Gasteiger partial charge in [-0.1, -0.05) is 126 Å². The van der Waals surface area contributed by atoms with E-state index >= 15 is 0 Å². The average molecular weight is 624 g/mol. The van der Waals surface area contributed by atoms with Gasteiger partial charge in [0, 0.05) is 19.5 Å². The van der Waals surface area contributed by atoms with E-state index in [0.717, 1.165) is 21.9 Å². The molecule has 0 aromatic heterocycles. The fourth-order valence-electron chi connectivity index (χ4n) is 4.65. The molecule has 39 heavy (non-hydrogen) atoms. The second-order valence-electron chi connectivity index (χ2n) is 9.62. The van der Waals surface area contributed by atoms with Gasteiger partial charge in [0.25, 0.3) is 0 Å². The second-order valence-corrected chi connectivity index (χ2v) is 11.3. The van der Waals surface area contributed by atoms with Crippen LogP contribution >= 0.6 is 0 Å². The minimum absolute atomic E-state index is 0. The molecule has 5 rings (SSSR count). The summed E-state index contributed by atoms with van der Waals surface area (Å²) in [6, 6.07) is 37.2. The summed E-state index contributed by atoms with van der Waals surface area (Å²) in [7, 11) is -3.78. The van der Waals surface area contributed by atoms with Crippen molar-refractivity contribution in [3.8, 4) is 0 Å². The third-order valence-corrected chi connectivity index (χ3v) is 7.82. The fraction of sp³-hybridized carbons (Fsp3) is 0.152. The van der Waals surface area contributed by atoms with Gasteiger partial charge >= 0.3 is 0 Å². The van der Waals surface area contributed by atoms with Crippen molar-refractivity contribution in [1.82, 2.24) is 4.72 Å². The summed E-state index contributed by atoms with van der Waals surface area (Å²) in [5.41, 5.74) is 12.3. The van der Waals surface area contributed by atoms with Gasteiger partial charge in [-0.2, -0.15) is 0 Å². The number of nitrogens with two attached hydrogens (primary N) is 1. The third kappa shape index (κ3) is 8.17. The maximum absolute atomic E-state index is 13.2. The summed E-state index contributed by atoms with van der Waals surface area (Å²) < 4.78 is 29.3. The van der Waals surface area contributed by atoms with Crippen molar-refractivity contribution >= 4 is 20.8 Å². The third-order valence-electron chi connectivity index (χ3n) is 6.38. The predicted molar refractivity (Wildman–Crippen MR) is 157 cm³/mol. The summed E-state index contributed by atoms with van der Waals surface area (Å²) in [5.74, 6) is 0. The van der Waals surface area contributed by atoms with Crippen molar-refractivity contribution in [3.63, 3.8) is 0 Å². The molecule has 3 N–H and O–H groups in total. The number of sulfonamides is 1. The van der Waals surface area contributed by atoms with E-state index in [1.165, 1.54) is 16.7 Å². The second kappa shape index (κ2) is 13.8. The quantitative estimate of drug-likeness (QED) is 0.197. The molecule has 6 heteroatoms. The Labute approximate surface area is 245 Å².